The molecule has 128 valence electrons. The van der Waals surface area contributed by atoms with Gasteiger partial charge in [-0.2, -0.15) is 0 Å². The summed E-state index contributed by atoms with van der Waals surface area (Å²) in [6, 6.07) is 21.1. The van der Waals surface area contributed by atoms with Crippen LogP contribution in [0.5, 0.6) is 5.75 Å². The van der Waals surface area contributed by atoms with E-state index in [4.69, 9.17) is 9.72 Å². The van der Waals surface area contributed by atoms with E-state index < -0.39 is 5.97 Å². The molecule has 4 nitrogen and oxygen atoms in total. The van der Waals surface area contributed by atoms with E-state index in [-0.39, 0.29) is 0 Å². The van der Waals surface area contributed by atoms with Crippen LogP contribution in [-0.2, 0) is 0 Å². The van der Waals surface area contributed by atoms with E-state index in [1.807, 2.05) is 66.7 Å². The molecule has 0 fully saturated rings. The molecule has 0 amide bonds. The Labute approximate surface area is 154 Å². The Bertz CT molecular complexity index is 1090. The Kier molecular flexibility index (Phi) is 4.14. The summed E-state index contributed by atoms with van der Waals surface area (Å²) in [4.78, 5) is 17.5. The number of aromatic nitrogens is 1. The summed E-state index contributed by atoms with van der Waals surface area (Å²) in [6.45, 7) is 0. The number of nitrogens with zero attached hydrogens (tertiary/aromatic N) is 1. The van der Waals surface area contributed by atoms with Gasteiger partial charge in [0.1, 0.15) is 15.5 Å². The average molecular weight is 361 g/mol. The van der Waals surface area contributed by atoms with Gasteiger partial charge in [0.05, 0.1) is 12.8 Å². The number of aromatic carboxylic acids is 1. The van der Waals surface area contributed by atoms with Crippen LogP contribution in [0.25, 0.3) is 32.6 Å². The van der Waals surface area contributed by atoms with Gasteiger partial charge in [-0.3, -0.25) is 0 Å². The second kappa shape index (κ2) is 6.61. The number of methoxy groups -OCH3 is 1. The summed E-state index contributed by atoms with van der Waals surface area (Å²) in [6.07, 6.45) is 0. The normalized spacial score (nSPS) is 10.8. The zero-order valence-electron chi connectivity index (χ0n) is 14.0. The Hall–Kier alpha value is -3.18. The largest absolute Gasteiger partial charge is 0.497 e. The third kappa shape index (κ3) is 2.82. The maximum Gasteiger partial charge on any atom is 0.346 e. The monoisotopic (exact) mass is 361 g/mol. The number of carboxylic acid groups (broad SMARTS) is 1. The molecule has 0 atom stereocenters. The lowest BCUT2D eigenvalue weighted by atomic mass is 10.0. The van der Waals surface area contributed by atoms with Crippen molar-refractivity contribution in [2.45, 2.75) is 0 Å². The zero-order chi connectivity index (χ0) is 18.1. The Balaban J connectivity index is 1.91. The first-order chi connectivity index (χ1) is 12.7. The molecule has 26 heavy (non-hydrogen) atoms. The van der Waals surface area contributed by atoms with Crippen LogP contribution in [0.1, 0.15) is 9.67 Å². The Morgan fingerprint density at radius 3 is 2.35 bits per heavy atom. The predicted octanol–water partition coefficient (Wildman–Crippen LogP) is 5.34. The van der Waals surface area contributed by atoms with E-state index in [0.29, 0.717) is 10.4 Å². The predicted molar refractivity (Wildman–Crippen MR) is 104 cm³/mol. The van der Waals surface area contributed by atoms with Crippen molar-refractivity contribution < 1.29 is 14.6 Å². The van der Waals surface area contributed by atoms with Gasteiger partial charge >= 0.3 is 5.97 Å². The molecule has 4 aromatic rings. The number of carbonyl (C=O) groups is 1. The van der Waals surface area contributed by atoms with E-state index in [0.717, 1.165) is 32.8 Å². The first kappa shape index (κ1) is 16.3. The summed E-state index contributed by atoms with van der Waals surface area (Å²) in [5.74, 6) is -0.213. The molecule has 0 bridgehead atoms. The van der Waals surface area contributed by atoms with E-state index in [1.54, 1.807) is 7.11 Å². The van der Waals surface area contributed by atoms with Gasteiger partial charge in [-0.15, -0.1) is 11.3 Å². The molecule has 0 spiro atoms. The molecule has 0 radical (unpaired) electrons. The molecule has 2 aromatic carbocycles. The first-order valence-electron chi connectivity index (χ1n) is 8.04. The fraction of sp³-hybridized carbons (Fsp3) is 0.0476. The van der Waals surface area contributed by atoms with Crippen molar-refractivity contribution in [2.24, 2.45) is 0 Å². The van der Waals surface area contributed by atoms with Crippen LogP contribution in [-0.4, -0.2) is 23.2 Å². The van der Waals surface area contributed by atoms with Crippen molar-refractivity contribution in [3.8, 4) is 28.1 Å². The minimum absolute atomic E-state index is 0.294. The number of pyridine rings is 1. The Morgan fingerprint density at radius 1 is 0.962 bits per heavy atom. The third-order valence-corrected chi connectivity index (χ3v) is 5.29. The van der Waals surface area contributed by atoms with Crippen molar-refractivity contribution in [1.29, 1.82) is 0 Å². The van der Waals surface area contributed by atoms with Crippen LogP contribution in [0.3, 0.4) is 0 Å². The van der Waals surface area contributed by atoms with Crippen LogP contribution in [0.4, 0.5) is 0 Å². The summed E-state index contributed by atoms with van der Waals surface area (Å²) < 4.78 is 5.19. The lowest BCUT2D eigenvalue weighted by Crippen LogP contribution is -1.94. The molecule has 1 N–H and O–H groups in total. The van der Waals surface area contributed by atoms with Gasteiger partial charge in [0, 0.05) is 16.5 Å². The van der Waals surface area contributed by atoms with Crippen LogP contribution in [0.2, 0.25) is 0 Å². The third-order valence-electron chi connectivity index (χ3n) is 4.20. The highest BCUT2D eigenvalue weighted by Gasteiger charge is 2.20. The van der Waals surface area contributed by atoms with Crippen molar-refractivity contribution >= 4 is 27.5 Å². The van der Waals surface area contributed by atoms with Crippen LogP contribution in [0.15, 0.2) is 66.7 Å². The van der Waals surface area contributed by atoms with Crippen molar-refractivity contribution in [3.05, 3.63) is 71.6 Å². The quantitative estimate of drug-likeness (QED) is 0.533. The van der Waals surface area contributed by atoms with Gasteiger partial charge in [-0.05, 0) is 29.8 Å². The number of benzene rings is 2. The number of rotatable bonds is 4. The SMILES string of the molecule is COc1ccc(-c2c(C(=O)O)sc3nc(-c4ccccc4)ccc23)cc1. The molecule has 0 saturated carbocycles. The van der Waals surface area contributed by atoms with Crippen LogP contribution in [0, 0.1) is 0 Å². The van der Waals surface area contributed by atoms with E-state index in [9.17, 15) is 9.90 Å². The second-order valence-electron chi connectivity index (χ2n) is 5.76. The average Bonchev–Trinajstić information content (AvgIpc) is 3.08. The first-order valence-corrected chi connectivity index (χ1v) is 8.85. The number of thiophene rings is 1. The van der Waals surface area contributed by atoms with Crippen molar-refractivity contribution in [3.63, 3.8) is 0 Å². The van der Waals surface area contributed by atoms with Crippen molar-refractivity contribution in [2.75, 3.05) is 7.11 Å². The van der Waals surface area contributed by atoms with Gasteiger partial charge in [0.2, 0.25) is 0 Å². The molecule has 5 heteroatoms. The highest BCUT2D eigenvalue weighted by molar-refractivity contribution is 7.21. The standard InChI is InChI=1S/C21H15NO3S/c1-25-15-9-7-14(8-10-15)18-16-11-12-17(13-5-3-2-4-6-13)22-20(16)26-19(18)21(23)24/h2-12H,1H3,(H,23,24). The topological polar surface area (TPSA) is 59.4 Å². The van der Waals surface area contributed by atoms with Gasteiger partial charge in [-0.25, -0.2) is 9.78 Å². The zero-order valence-corrected chi connectivity index (χ0v) is 14.8. The summed E-state index contributed by atoms with van der Waals surface area (Å²) >= 11 is 1.20. The molecular weight excluding hydrogens is 346 g/mol. The molecular formula is C21H15NO3S. The van der Waals surface area contributed by atoms with E-state index >= 15 is 0 Å². The van der Waals surface area contributed by atoms with Crippen LogP contribution >= 0.6 is 11.3 Å². The summed E-state index contributed by atoms with van der Waals surface area (Å²) in [5.41, 5.74) is 3.37. The molecule has 0 aliphatic carbocycles. The molecule has 0 saturated heterocycles. The molecule has 4 rings (SSSR count). The van der Waals surface area contributed by atoms with Gasteiger partial charge in [0.15, 0.2) is 0 Å². The summed E-state index contributed by atoms with van der Waals surface area (Å²) in [5, 5.41) is 10.5. The molecule has 2 heterocycles. The van der Waals surface area contributed by atoms with Gasteiger partial charge < -0.3 is 9.84 Å². The second-order valence-corrected chi connectivity index (χ2v) is 6.75. The number of fused-ring (bicyclic) bond motifs is 1. The summed E-state index contributed by atoms with van der Waals surface area (Å²) in [7, 11) is 1.60. The van der Waals surface area contributed by atoms with Crippen LogP contribution < -0.4 is 4.74 Å². The maximum absolute atomic E-state index is 11.8. The van der Waals surface area contributed by atoms with E-state index in [2.05, 4.69) is 0 Å². The molecule has 0 unspecified atom stereocenters. The minimum atomic E-state index is -0.944. The lowest BCUT2D eigenvalue weighted by Gasteiger charge is -2.05. The highest BCUT2D eigenvalue weighted by atomic mass is 32.1. The van der Waals surface area contributed by atoms with E-state index in [1.165, 1.54) is 11.3 Å². The smallest absolute Gasteiger partial charge is 0.346 e. The minimum Gasteiger partial charge on any atom is -0.497 e. The number of hydrogen-bond acceptors (Lipinski definition) is 4. The Morgan fingerprint density at radius 2 is 1.69 bits per heavy atom. The van der Waals surface area contributed by atoms with Gasteiger partial charge in [0.25, 0.3) is 0 Å². The van der Waals surface area contributed by atoms with Crippen molar-refractivity contribution in [1.82, 2.24) is 4.98 Å². The fourth-order valence-corrected chi connectivity index (χ4v) is 3.98. The number of carboxylic acids is 1. The number of hydrogen-bond donors (Lipinski definition) is 1. The lowest BCUT2D eigenvalue weighted by molar-refractivity contribution is 0.0703. The molecule has 0 aliphatic rings. The van der Waals surface area contributed by atoms with Gasteiger partial charge in [-0.1, -0.05) is 42.5 Å². The number of ether oxygens (including phenoxy) is 1. The maximum atomic E-state index is 11.8. The molecule has 0 aliphatic heterocycles. The molecule has 2 aromatic heterocycles. The fourth-order valence-electron chi connectivity index (χ4n) is 2.94. The highest BCUT2D eigenvalue weighted by Crippen LogP contribution is 2.39.